The summed E-state index contributed by atoms with van der Waals surface area (Å²) in [4.78, 5) is 31.2. The van der Waals surface area contributed by atoms with Gasteiger partial charge in [0.2, 0.25) is 0 Å². The van der Waals surface area contributed by atoms with E-state index in [1.807, 2.05) is 0 Å². The molecule has 1 amide bonds. The van der Waals surface area contributed by atoms with E-state index in [1.165, 1.54) is 28.8 Å². The van der Waals surface area contributed by atoms with E-state index in [1.54, 1.807) is 36.5 Å². The van der Waals surface area contributed by atoms with Crippen molar-refractivity contribution < 1.29 is 9.18 Å². The van der Waals surface area contributed by atoms with Gasteiger partial charge in [0.05, 0.1) is 11.7 Å². The summed E-state index contributed by atoms with van der Waals surface area (Å²) in [6.07, 6.45) is 1.59. The molecule has 0 spiro atoms. The summed E-state index contributed by atoms with van der Waals surface area (Å²) in [5.74, 6) is -0.848. The number of nitrogen functional groups attached to an aromatic ring is 1. The number of halogens is 1. The summed E-state index contributed by atoms with van der Waals surface area (Å²) >= 11 is 0. The van der Waals surface area contributed by atoms with Gasteiger partial charge in [-0.05, 0) is 29.8 Å². The van der Waals surface area contributed by atoms with Gasteiger partial charge in [0, 0.05) is 18.3 Å². The number of nitrogens with two attached hydrogens (primary N) is 1. The molecule has 0 aliphatic heterocycles. The number of nitrogens with one attached hydrogen (secondary N) is 2. The van der Waals surface area contributed by atoms with Gasteiger partial charge in [0.15, 0.2) is 5.69 Å². The third kappa shape index (κ3) is 3.32. The molecule has 1 aromatic carbocycles. The number of pyridine rings is 1. The standard InChI is InChI=1S/C19H15FN6O2/c20-12-5-3-4-11(8-12)18(13-6-1-2-7-22-13)24-19(28)14-9-16-23-17(27)10-15(21)26(16)25-14/h1-10,18H,21H2,(H,23,27)(H,24,28). The molecule has 140 valence electrons. The number of carbonyl (C=O) groups excluding carboxylic acids is 1. The minimum Gasteiger partial charge on any atom is -0.383 e. The van der Waals surface area contributed by atoms with Crippen LogP contribution in [0.1, 0.15) is 27.8 Å². The number of H-pyrrole nitrogens is 1. The topological polar surface area (TPSA) is 118 Å². The molecular formula is C19H15FN6O2. The molecule has 0 aliphatic carbocycles. The van der Waals surface area contributed by atoms with Gasteiger partial charge in [-0.25, -0.2) is 8.91 Å². The van der Waals surface area contributed by atoms with Crippen molar-refractivity contribution in [1.29, 1.82) is 0 Å². The lowest BCUT2D eigenvalue weighted by Gasteiger charge is -2.18. The quantitative estimate of drug-likeness (QED) is 0.499. The minimum atomic E-state index is -0.689. The number of aromatic nitrogens is 4. The summed E-state index contributed by atoms with van der Waals surface area (Å²) in [5.41, 5.74) is 6.77. The second-order valence-electron chi connectivity index (χ2n) is 6.10. The lowest BCUT2D eigenvalue weighted by Crippen LogP contribution is -2.30. The number of rotatable bonds is 4. The van der Waals surface area contributed by atoms with Crippen molar-refractivity contribution >= 4 is 17.4 Å². The third-order valence-electron chi connectivity index (χ3n) is 4.16. The molecule has 0 bridgehead atoms. The average molecular weight is 378 g/mol. The summed E-state index contributed by atoms with van der Waals surface area (Å²) < 4.78 is 15.0. The number of carbonyl (C=O) groups is 1. The van der Waals surface area contributed by atoms with Gasteiger partial charge in [-0.2, -0.15) is 5.10 Å². The normalized spacial score (nSPS) is 12.0. The van der Waals surface area contributed by atoms with Crippen molar-refractivity contribution in [3.63, 3.8) is 0 Å². The fourth-order valence-corrected chi connectivity index (χ4v) is 2.90. The van der Waals surface area contributed by atoms with E-state index in [-0.39, 0.29) is 17.2 Å². The van der Waals surface area contributed by atoms with Crippen molar-refractivity contribution in [2.45, 2.75) is 6.04 Å². The molecule has 1 unspecified atom stereocenters. The fourth-order valence-electron chi connectivity index (χ4n) is 2.90. The van der Waals surface area contributed by atoms with Crippen molar-refractivity contribution in [1.82, 2.24) is 24.9 Å². The van der Waals surface area contributed by atoms with Gasteiger partial charge < -0.3 is 16.0 Å². The maximum Gasteiger partial charge on any atom is 0.272 e. The Balaban J connectivity index is 1.71. The molecule has 4 N–H and O–H groups in total. The van der Waals surface area contributed by atoms with E-state index in [4.69, 9.17) is 5.73 Å². The molecule has 1 atom stereocenters. The number of hydrogen-bond acceptors (Lipinski definition) is 5. The Kier molecular flexibility index (Phi) is 4.32. The van der Waals surface area contributed by atoms with Crippen LogP contribution >= 0.6 is 0 Å². The zero-order chi connectivity index (χ0) is 19.7. The largest absolute Gasteiger partial charge is 0.383 e. The Morgan fingerprint density at radius 1 is 1.18 bits per heavy atom. The second kappa shape index (κ2) is 6.95. The van der Waals surface area contributed by atoms with Gasteiger partial charge in [-0.15, -0.1) is 0 Å². The highest BCUT2D eigenvalue weighted by molar-refractivity contribution is 5.93. The molecule has 0 radical (unpaired) electrons. The minimum absolute atomic E-state index is 0.0471. The summed E-state index contributed by atoms with van der Waals surface area (Å²) in [6.45, 7) is 0. The van der Waals surface area contributed by atoms with Crippen LogP contribution in [0.2, 0.25) is 0 Å². The number of benzene rings is 1. The van der Waals surface area contributed by atoms with Gasteiger partial charge in [0.1, 0.15) is 17.3 Å². The Morgan fingerprint density at radius 3 is 2.79 bits per heavy atom. The monoisotopic (exact) mass is 378 g/mol. The van der Waals surface area contributed by atoms with Crippen LogP contribution < -0.4 is 16.6 Å². The molecule has 4 aromatic rings. The van der Waals surface area contributed by atoms with E-state index >= 15 is 0 Å². The maximum atomic E-state index is 13.7. The summed E-state index contributed by atoms with van der Waals surface area (Å²) in [5, 5.41) is 6.94. The van der Waals surface area contributed by atoms with Crippen LogP contribution in [0, 0.1) is 5.82 Å². The summed E-state index contributed by atoms with van der Waals surface area (Å²) in [7, 11) is 0. The predicted octanol–water partition coefficient (Wildman–Crippen LogP) is 1.66. The molecule has 0 saturated carbocycles. The molecule has 0 saturated heterocycles. The van der Waals surface area contributed by atoms with E-state index in [0.717, 1.165) is 0 Å². The molecule has 3 heterocycles. The van der Waals surface area contributed by atoms with Gasteiger partial charge in [-0.3, -0.25) is 14.6 Å². The number of nitrogens with zero attached hydrogens (tertiary/aromatic N) is 3. The van der Waals surface area contributed by atoms with Gasteiger partial charge in [-0.1, -0.05) is 18.2 Å². The third-order valence-corrected chi connectivity index (χ3v) is 4.16. The molecule has 8 nitrogen and oxygen atoms in total. The maximum absolute atomic E-state index is 13.7. The van der Waals surface area contributed by atoms with E-state index in [0.29, 0.717) is 11.3 Å². The molecule has 4 rings (SSSR count). The number of amides is 1. The second-order valence-corrected chi connectivity index (χ2v) is 6.10. The molecule has 28 heavy (non-hydrogen) atoms. The zero-order valence-electron chi connectivity index (χ0n) is 14.5. The lowest BCUT2D eigenvalue weighted by molar-refractivity contribution is 0.0937. The SMILES string of the molecule is Nc1cc(=O)[nH]c2cc(C(=O)NC(c3cccc(F)c3)c3ccccn3)nn12. The Hall–Kier alpha value is -4.01. The number of aromatic amines is 1. The molecule has 3 aromatic heterocycles. The fraction of sp³-hybridized carbons (Fsp3) is 0.0526. The van der Waals surface area contributed by atoms with Crippen LogP contribution in [0.25, 0.3) is 5.65 Å². The van der Waals surface area contributed by atoms with Crippen LogP contribution in [0.15, 0.2) is 65.6 Å². The van der Waals surface area contributed by atoms with E-state index in [2.05, 4.69) is 20.4 Å². The van der Waals surface area contributed by atoms with Crippen molar-refractivity contribution in [2.24, 2.45) is 0 Å². The highest BCUT2D eigenvalue weighted by atomic mass is 19.1. The van der Waals surface area contributed by atoms with Gasteiger partial charge >= 0.3 is 0 Å². The zero-order valence-corrected chi connectivity index (χ0v) is 14.5. The van der Waals surface area contributed by atoms with Crippen LogP contribution in [0.5, 0.6) is 0 Å². The van der Waals surface area contributed by atoms with Crippen LogP contribution in [-0.4, -0.2) is 25.5 Å². The van der Waals surface area contributed by atoms with Crippen molar-refractivity contribution in [2.75, 3.05) is 5.73 Å². The summed E-state index contributed by atoms with van der Waals surface area (Å²) in [6, 6.07) is 13.1. The average Bonchev–Trinajstić information content (AvgIpc) is 3.11. The highest BCUT2D eigenvalue weighted by Crippen LogP contribution is 2.21. The number of anilines is 1. The number of hydrogen-bond donors (Lipinski definition) is 3. The smallest absolute Gasteiger partial charge is 0.272 e. The Morgan fingerprint density at radius 2 is 2.04 bits per heavy atom. The molecule has 9 heteroatoms. The van der Waals surface area contributed by atoms with E-state index < -0.39 is 23.3 Å². The molecule has 0 aliphatic rings. The molecule has 0 fully saturated rings. The van der Waals surface area contributed by atoms with Crippen LogP contribution in [-0.2, 0) is 0 Å². The van der Waals surface area contributed by atoms with Crippen molar-refractivity contribution in [3.8, 4) is 0 Å². The highest BCUT2D eigenvalue weighted by Gasteiger charge is 2.21. The van der Waals surface area contributed by atoms with E-state index in [9.17, 15) is 14.0 Å². The lowest BCUT2D eigenvalue weighted by atomic mass is 10.0. The van der Waals surface area contributed by atoms with Gasteiger partial charge in [0.25, 0.3) is 11.5 Å². The number of fused-ring (bicyclic) bond motifs is 1. The first-order chi connectivity index (χ1) is 13.5. The molecular weight excluding hydrogens is 363 g/mol. The van der Waals surface area contributed by atoms with Crippen molar-refractivity contribution in [3.05, 3.63) is 93.9 Å². The van der Waals surface area contributed by atoms with Crippen LogP contribution in [0.3, 0.4) is 0 Å². The Bertz CT molecular complexity index is 1220. The first-order valence-corrected chi connectivity index (χ1v) is 8.37. The first-order valence-electron chi connectivity index (χ1n) is 8.37. The van der Waals surface area contributed by atoms with Crippen LogP contribution in [0.4, 0.5) is 10.2 Å². The predicted molar refractivity (Wildman–Crippen MR) is 100 cm³/mol. The first kappa shape index (κ1) is 17.4. The Labute approximate surface area is 157 Å².